The summed E-state index contributed by atoms with van der Waals surface area (Å²) in [6.45, 7) is 3.42. The van der Waals surface area contributed by atoms with Crippen molar-refractivity contribution in [3.63, 3.8) is 0 Å². The molecule has 0 heterocycles. The van der Waals surface area contributed by atoms with Crippen molar-refractivity contribution in [3.05, 3.63) is 53.1 Å². The van der Waals surface area contributed by atoms with E-state index in [4.69, 9.17) is 4.74 Å². The molecule has 4 saturated carbocycles. The predicted molar refractivity (Wildman–Crippen MR) is 104 cm³/mol. The molecule has 0 aromatic heterocycles. The van der Waals surface area contributed by atoms with Gasteiger partial charge < -0.3 is 4.74 Å². The van der Waals surface area contributed by atoms with Crippen LogP contribution in [0.3, 0.4) is 0 Å². The summed E-state index contributed by atoms with van der Waals surface area (Å²) in [6.07, 6.45) is 3.47. The average Bonchev–Trinajstić information content (AvgIpc) is 2.64. The normalized spacial score (nSPS) is 36.1. The van der Waals surface area contributed by atoms with Gasteiger partial charge >= 0.3 is 5.97 Å². The molecule has 0 saturated heterocycles. The van der Waals surface area contributed by atoms with E-state index in [2.05, 4.69) is 6.58 Å². The third-order valence-electron chi connectivity index (χ3n) is 6.27. The highest BCUT2D eigenvalue weighted by molar-refractivity contribution is 8.72. The lowest BCUT2D eigenvalue weighted by Gasteiger charge is -2.60. The summed E-state index contributed by atoms with van der Waals surface area (Å²) in [4.78, 5) is 24.1. The van der Waals surface area contributed by atoms with Crippen molar-refractivity contribution in [2.75, 3.05) is 0 Å². The molecule has 0 N–H and O–H groups in total. The van der Waals surface area contributed by atoms with E-state index in [1.807, 2.05) is 0 Å². The van der Waals surface area contributed by atoms with E-state index in [9.17, 15) is 23.3 Å². The molecule has 5 rings (SSSR count). The van der Waals surface area contributed by atoms with Gasteiger partial charge in [0, 0.05) is 23.8 Å². The topological polar surface area (TPSA) is 104 Å². The Morgan fingerprint density at radius 3 is 2.36 bits per heavy atom. The molecule has 0 spiro atoms. The van der Waals surface area contributed by atoms with Gasteiger partial charge in [-0.15, -0.1) is 0 Å². The van der Waals surface area contributed by atoms with Crippen molar-refractivity contribution in [3.8, 4) is 0 Å². The van der Waals surface area contributed by atoms with Crippen LogP contribution in [0.25, 0.3) is 0 Å². The second-order valence-electron chi connectivity index (χ2n) is 8.08. The molecule has 7 nitrogen and oxygen atoms in total. The third-order valence-corrected chi connectivity index (χ3v) is 10.4. The Morgan fingerprint density at radius 1 is 1.21 bits per heavy atom. The van der Waals surface area contributed by atoms with Gasteiger partial charge in [-0.25, -0.2) is 13.2 Å². The van der Waals surface area contributed by atoms with E-state index in [1.165, 1.54) is 12.1 Å². The van der Waals surface area contributed by atoms with Crippen LogP contribution in [0.5, 0.6) is 0 Å². The first-order chi connectivity index (χ1) is 13.2. The van der Waals surface area contributed by atoms with Crippen LogP contribution < -0.4 is 0 Å². The van der Waals surface area contributed by atoms with E-state index in [-0.39, 0.29) is 21.7 Å². The Balaban J connectivity index is 1.79. The van der Waals surface area contributed by atoms with Gasteiger partial charge in [-0.1, -0.05) is 24.8 Å². The largest absolute Gasteiger partial charge is 0.454 e. The second kappa shape index (κ2) is 6.59. The van der Waals surface area contributed by atoms with Gasteiger partial charge in [-0.05, 0) is 54.0 Å². The lowest BCUT2D eigenvalue weighted by Crippen LogP contribution is -2.71. The van der Waals surface area contributed by atoms with Gasteiger partial charge in [0.25, 0.3) is 0 Å². The van der Waals surface area contributed by atoms with Gasteiger partial charge in [0.05, 0.1) is 4.90 Å². The molecule has 9 heteroatoms. The number of nitro groups is 1. The monoisotopic (exact) mass is 423 g/mol. The summed E-state index contributed by atoms with van der Waals surface area (Å²) >= 11 is 0. The SMILES string of the molecule is C=CC(=O)OC12CC3CC(C1)CC([N+](=O)[O-])(C3)C2SS(=O)(=O)c1ccccc1. The Kier molecular flexibility index (Phi) is 4.58. The summed E-state index contributed by atoms with van der Waals surface area (Å²) in [6, 6.07) is 7.87. The fraction of sp³-hybridized carbons (Fsp3) is 0.526. The van der Waals surface area contributed by atoms with Crippen LogP contribution in [-0.2, 0) is 18.4 Å². The number of hydrogen-bond donors (Lipinski definition) is 0. The number of esters is 1. The zero-order valence-electron chi connectivity index (χ0n) is 15.2. The standard InChI is InChI=1S/C19H21NO6S2/c1-2-16(21)26-19-11-13-8-14(12-19)10-18(9-13,20(22)23)17(19)27-28(24,25)15-6-4-3-5-7-15/h2-7,13-14,17H,1,8-12H2. The van der Waals surface area contributed by atoms with Crippen LogP contribution in [0, 0.1) is 22.0 Å². The lowest BCUT2D eigenvalue weighted by molar-refractivity contribution is -0.589. The predicted octanol–water partition coefficient (Wildman–Crippen LogP) is 3.18. The van der Waals surface area contributed by atoms with Crippen LogP contribution in [0.4, 0.5) is 0 Å². The van der Waals surface area contributed by atoms with Crippen molar-refractivity contribution < 1.29 is 22.9 Å². The smallest absolute Gasteiger partial charge is 0.330 e. The van der Waals surface area contributed by atoms with Gasteiger partial charge in [-0.2, -0.15) is 0 Å². The first kappa shape index (κ1) is 19.4. The van der Waals surface area contributed by atoms with Crippen molar-refractivity contribution >= 4 is 25.6 Å². The molecule has 0 amide bonds. The van der Waals surface area contributed by atoms with Crippen molar-refractivity contribution in [2.24, 2.45) is 11.8 Å². The van der Waals surface area contributed by atoms with Crippen molar-refractivity contribution in [2.45, 2.75) is 53.4 Å². The number of ether oxygens (including phenoxy) is 1. The number of benzene rings is 1. The molecule has 4 fully saturated rings. The maximum Gasteiger partial charge on any atom is 0.330 e. The summed E-state index contributed by atoms with van der Waals surface area (Å²) in [5, 5.41) is 11.3. The quantitative estimate of drug-likeness (QED) is 0.228. The molecule has 1 aromatic carbocycles. The second-order valence-corrected chi connectivity index (χ2v) is 12.0. The summed E-state index contributed by atoms with van der Waals surface area (Å²) in [5.74, 6) is -0.540. The fourth-order valence-corrected chi connectivity index (χ4v) is 9.80. The molecule has 4 bridgehead atoms. The first-order valence-corrected chi connectivity index (χ1v) is 12.1. The van der Waals surface area contributed by atoms with E-state index >= 15 is 0 Å². The molecule has 4 aliphatic rings. The van der Waals surface area contributed by atoms with Gasteiger partial charge in [0.15, 0.2) is 0 Å². The zero-order valence-corrected chi connectivity index (χ0v) is 16.8. The molecule has 0 radical (unpaired) electrons. The number of rotatable bonds is 6. The number of carbonyl (C=O) groups excluding carboxylic acids is 1. The minimum Gasteiger partial charge on any atom is -0.454 e. The molecular formula is C19H21NO6S2. The Bertz CT molecular complexity index is 915. The summed E-state index contributed by atoms with van der Waals surface area (Å²) < 4.78 is 31.9. The summed E-state index contributed by atoms with van der Waals surface area (Å²) in [7, 11) is -3.27. The number of nitrogens with zero attached hydrogens (tertiary/aromatic N) is 1. The average molecular weight is 424 g/mol. The van der Waals surface area contributed by atoms with Gasteiger partial charge in [-0.3, -0.25) is 10.1 Å². The van der Waals surface area contributed by atoms with Crippen molar-refractivity contribution in [1.29, 1.82) is 0 Å². The molecule has 4 aliphatic carbocycles. The summed E-state index contributed by atoms with van der Waals surface area (Å²) in [5.41, 5.74) is -2.56. The Labute approximate surface area is 167 Å². The minimum atomic E-state index is -3.86. The molecule has 1 aromatic rings. The van der Waals surface area contributed by atoms with Crippen LogP contribution >= 0.6 is 10.8 Å². The molecule has 3 unspecified atom stereocenters. The minimum absolute atomic E-state index is 0.0618. The molecule has 150 valence electrons. The molecular weight excluding hydrogens is 402 g/mol. The molecule has 0 aliphatic heterocycles. The lowest BCUT2D eigenvalue weighted by atomic mass is 9.51. The van der Waals surface area contributed by atoms with Gasteiger partial charge in [0.1, 0.15) is 10.9 Å². The highest BCUT2D eigenvalue weighted by Gasteiger charge is 2.73. The van der Waals surface area contributed by atoms with Gasteiger partial charge in [0.2, 0.25) is 14.4 Å². The maximum atomic E-state index is 13.1. The molecule has 3 atom stereocenters. The first-order valence-electron chi connectivity index (χ1n) is 9.19. The number of hydrogen-bond acceptors (Lipinski definition) is 7. The highest BCUT2D eigenvalue weighted by Crippen LogP contribution is 2.64. The zero-order chi connectivity index (χ0) is 20.2. The van der Waals surface area contributed by atoms with E-state index < -0.39 is 31.2 Å². The maximum absolute atomic E-state index is 13.1. The Hall–Kier alpha value is -1.87. The number of carbonyl (C=O) groups is 1. The molecule has 28 heavy (non-hydrogen) atoms. The fourth-order valence-electron chi connectivity index (χ4n) is 5.58. The van der Waals surface area contributed by atoms with Crippen LogP contribution in [-0.4, -0.2) is 35.7 Å². The van der Waals surface area contributed by atoms with Crippen LogP contribution in [0.2, 0.25) is 0 Å². The Morgan fingerprint density at radius 2 is 1.82 bits per heavy atom. The van der Waals surface area contributed by atoms with Crippen LogP contribution in [0.15, 0.2) is 47.9 Å². The van der Waals surface area contributed by atoms with Crippen LogP contribution in [0.1, 0.15) is 32.1 Å². The third kappa shape index (κ3) is 2.95. The van der Waals surface area contributed by atoms with E-state index in [1.54, 1.807) is 18.2 Å². The van der Waals surface area contributed by atoms with E-state index in [0.717, 1.165) is 12.5 Å². The van der Waals surface area contributed by atoms with E-state index in [0.29, 0.717) is 36.5 Å². The highest BCUT2D eigenvalue weighted by atomic mass is 33.1. The van der Waals surface area contributed by atoms with Crippen molar-refractivity contribution in [1.82, 2.24) is 0 Å².